The summed E-state index contributed by atoms with van der Waals surface area (Å²) in [6, 6.07) is -0.442. The molecule has 1 unspecified atom stereocenters. The maximum Gasteiger partial charge on any atom is 0.318 e. The zero-order valence-electron chi connectivity index (χ0n) is 11.7. The van der Waals surface area contributed by atoms with Crippen molar-refractivity contribution in [3.8, 4) is 0 Å². The van der Waals surface area contributed by atoms with Crippen LogP contribution in [0.2, 0.25) is 0 Å². The highest BCUT2D eigenvalue weighted by molar-refractivity contribution is 5.77. The highest BCUT2D eigenvalue weighted by atomic mass is 16.3. The van der Waals surface area contributed by atoms with Gasteiger partial charge in [0.1, 0.15) is 0 Å². The van der Waals surface area contributed by atoms with Crippen molar-refractivity contribution in [2.24, 2.45) is 0 Å². The lowest BCUT2D eigenvalue weighted by Gasteiger charge is -2.32. The third kappa shape index (κ3) is 2.14. The third-order valence-electron chi connectivity index (χ3n) is 3.60. The molecule has 7 nitrogen and oxygen atoms in total. The van der Waals surface area contributed by atoms with Gasteiger partial charge in [-0.1, -0.05) is 0 Å². The number of carbonyl (C=O) groups excluding carboxylic acids is 1. The molecule has 19 heavy (non-hydrogen) atoms. The molecule has 2 heterocycles. The topological polar surface area (TPSA) is 93.3 Å². The van der Waals surface area contributed by atoms with Crippen molar-refractivity contribution in [2.75, 3.05) is 19.0 Å². The third-order valence-corrected chi connectivity index (χ3v) is 3.60. The Morgan fingerprint density at radius 3 is 2.89 bits per heavy atom. The summed E-state index contributed by atoms with van der Waals surface area (Å²) in [6.07, 6.45) is 0. The second-order valence-electron chi connectivity index (χ2n) is 5.35. The molecule has 4 N–H and O–H groups in total. The molecule has 1 aliphatic rings. The first-order valence-electron chi connectivity index (χ1n) is 6.36. The van der Waals surface area contributed by atoms with Gasteiger partial charge in [0.15, 0.2) is 5.82 Å². The number of aliphatic hydroxyl groups excluding tert-OH is 1. The summed E-state index contributed by atoms with van der Waals surface area (Å²) in [4.78, 5) is 14.0. The molecule has 0 saturated carbocycles. The number of aliphatic hydroxyl groups is 1. The van der Waals surface area contributed by atoms with E-state index in [0.29, 0.717) is 6.54 Å². The smallest absolute Gasteiger partial charge is 0.318 e. The normalized spacial score (nSPS) is 18.1. The Hall–Kier alpha value is -1.76. The Morgan fingerprint density at radius 2 is 2.32 bits per heavy atom. The molecule has 0 aromatic carbocycles. The van der Waals surface area contributed by atoms with Crippen LogP contribution >= 0.6 is 0 Å². The molecule has 0 aliphatic carbocycles. The van der Waals surface area contributed by atoms with Gasteiger partial charge in [-0.25, -0.2) is 4.79 Å². The van der Waals surface area contributed by atoms with Gasteiger partial charge in [0.25, 0.3) is 0 Å². The molecule has 2 amide bonds. The molecule has 0 radical (unpaired) electrons. The molecule has 1 aromatic heterocycles. The molecular formula is C12H21N5O2. The molecule has 1 atom stereocenters. The van der Waals surface area contributed by atoms with Crippen LogP contribution in [0.15, 0.2) is 0 Å². The van der Waals surface area contributed by atoms with Crippen molar-refractivity contribution >= 4 is 11.8 Å². The predicted molar refractivity (Wildman–Crippen MR) is 71.8 cm³/mol. The average molecular weight is 267 g/mol. The van der Waals surface area contributed by atoms with E-state index < -0.39 is 5.54 Å². The predicted octanol–water partition coefficient (Wildman–Crippen LogP) is 0.593. The van der Waals surface area contributed by atoms with Gasteiger partial charge in [-0.2, -0.15) is 5.10 Å². The summed E-state index contributed by atoms with van der Waals surface area (Å²) < 4.78 is 0. The standard InChI is InChI=1S/C12H21N5O2/c1-7(6-18)14-11(19)17-5-8-9(12(17,2)3)15-16-10(8)13-4/h7,18H,5-6H2,1-4H3,(H,14,19)(H2,13,15,16). The number of urea groups is 1. The number of anilines is 1. The molecule has 0 spiro atoms. The highest BCUT2D eigenvalue weighted by Crippen LogP contribution is 2.40. The number of hydrogen-bond acceptors (Lipinski definition) is 4. The Bertz CT molecular complexity index is 482. The van der Waals surface area contributed by atoms with Gasteiger partial charge in [0.05, 0.1) is 30.4 Å². The molecule has 7 heteroatoms. The van der Waals surface area contributed by atoms with E-state index in [-0.39, 0.29) is 18.7 Å². The van der Waals surface area contributed by atoms with E-state index in [2.05, 4.69) is 20.8 Å². The van der Waals surface area contributed by atoms with Crippen molar-refractivity contribution in [1.82, 2.24) is 20.4 Å². The van der Waals surface area contributed by atoms with Crippen LogP contribution in [0.1, 0.15) is 32.0 Å². The minimum absolute atomic E-state index is 0.0748. The van der Waals surface area contributed by atoms with E-state index in [0.717, 1.165) is 17.1 Å². The first-order chi connectivity index (χ1) is 8.91. The van der Waals surface area contributed by atoms with Gasteiger partial charge in [-0.15, -0.1) is 0 Å². The number of carbonyl (C=O) groups is 1. The molecule has 0 bridgehead atoms. The Morgan fingerprint density at radius 1 is 1.63 bits per heavy atom. The molecule has 1 aliphatic heterocycles. The van der Waals surface area contributed by atoms with Crippen LogP contribution < -0.4 is 10.6 Å². The quantitative estimate of drug-likeness (QED) is 0.645. The lowest BCUT2D eigenvalue weighted by Crippen LogP contribution is -2.49. The zero-order valence-corrected chi connectivity index (χ0v) is 11.7. The minimum atomic E-state index is -0.448. The second-order valence-corrected chi connectivity index (χ2v) is 5.35. The number of hydrogen-bond donors (Lipinski definition) is 4. The summed E-state index contributed by atoms with van der Waals surface area (Å²) in [7, 11) is 1.81. The average Bonchev–Trinajstić information content (AvgIpc) is 2.88. The van der Waals surface area contributed by atoms with E-state index in [1.54, 1.807) is 18.9 Å². The van der Waals surface area contributed by atoms with E-state index in [1.807, 2.05) is 13.8 Å². The lowest BCUT2D eigenvalue weighted by atomic mass is 10.0. The number of aromatic amines is 1. The van der Waals surface area contributed by atoms with Crippen molar-refractivity contribution in [3.63, 3.8) is 0 Å². The molecule has 0 saturated heterocycles. The van der Waals surface area contributed by atoms with Crippen LogP contribution in [0.5, 0.6) is 0 Å². The zero-order chi connectivity index (χ0) is 14.2. The first kappa shape index (κ1) is 13.7. The van der Waals surface area contributed by atoms with E-state index >= 15 is 0 Å². The fraction of sp³-hybridized carbons (Fsp3) is 0.667. The summed E-state index contributed by atoms with van der Waals surface area (Å²) in [5.41, 5.74) is 1.51. The molecule has 1 aromatic rings. The van der Waals surface area contributed by atoms with Crippen LogP contribution in [0, 0.1) is 0 Å². The van der Waals surface area contributed by atoms with Crippen molar-refractivity contribution in [2.45, 2.75) is 38.9 Å². The maximum absolute atomic E-state index is 12.2. The van der Waals surface area contributed by atoms with Crippen LogP contribution in [0.4, 0.5) is 10.6 Å². The Kier molecular flexibility index (Phi) is 3.40. The fourth-order valence-corrected chi connectivity index (χ4v) is 2.38. The van der Waals surface area contributed by atoms with Crippen LogP contribution in [0.3, 0.4) is 0 Å². The van der Waals surface area contributed by atoms with Gasteiger partial charge in [0, 0.05) is 12.6 Å². The van der Waals surface area contributed by atoms with Gasteiger partial charge in [-0.3, -0.25) is 5.10 Å². The SMILES string of the molecule is CNc1n[nH]c2c1CN(C(=O)NC(C)CO)C2(C)C. The van der Waals surface area contributed by atoms with Gasteiger partial charge in [0.2, 0.25) is 0 Å². The van der Waals surface area contributed by atoms with Crippen molar-refractivity contribution in [1.29, 1.82) is 0 Å². The second kappa shape index (κ2) is 4.73. The summed E-state index contributed by atoms with van der Waals surface area (Å²) in [6.45, 7) is 6.13. The summed E-state index contributed by atoms with van der Waals surface area (Å²) >= 11 is 0. The van der Waals surface area contributed by atoms with Crippen molar-refractivity contribution in [3.05, 3.63) is 11.3 Å². The Labute approximate surface area is 112 Å². The monoisotopic (exact) mass is 267 g/mol. The number of rotatable bonds is 3. The van der Waals surface area contributed by atoms with E-state index in [4.69, 9.17) is 5.11 Å². The number of aromatic nitrogens is 2. The Balaban J connectivity index is 2.22. The van der Waals surface area contributed by atoms with Crippen LogP contribution in [0.25, 0.3) is 0 Å². The van der Waals surface area contributed by atoms with Crippen molar-refractivity contribution < 1.29 is 9.90 Å². The van der Waals surface area contributed by atoms with Gasteiger partial charge < -0.3 is 20.6 Å². The number of amides is 2. The van der Waals surface area contributed by atoms with E-state index in [9.17, 15) is 4.79 Å². The molecular weight excluding hydrogens is 246 g/mol. The summed E-state index contributed by atoms with van der Waals surface area (Å²) in [5, 5.41) is 22.0. The molecule has 2 rings (SSSR count). The lowest BCUT2D eigenvalue weighted by molar-refractivity contribution is 0.135. The first-order valence-corrected chi connectivity index (χ1v) is 6.36. The summed E-state index contributed by atoms with van der Waals surface area (Å²) in [5.74, 6) is 0.772. The minimum Gasteiger partial charge on any atom is -0.394 e. The van der Waals surface area contributed by atoms with Gasteiger partial charge in [-0.05, 0) is 20.8 Å². The maximum atomic E-state index is 12.2. The van der Waals surface area contributed by atoms with Crippen LogP contribution in [-0.2, 0) is 12.1 Å². The van der Waals surface area contributed by atoms with E-state index in [1.165, 1.54) is 0 Å². The number of H-pyrrole nitrogens is 1. The van der Waals surface area contributed by atoms with Gasteiger partial charge >= 0.3 is 6.03 Å². The number of nitrogens with one attached hydrogen (secondary N) is 3. The fourth-order valence-electron chi connectivity index (χ4n) is 2.38. The molecule has 0 fully saturated rings. The van der Waals surface area contributed by atoms with Crippen LogP contribution in [-0.4, -0.2) is 45.9 Å². The largest absolute Gasteiger partial charge is 0.394 e. The highest BCUT2D eigenvalue weighted by Gasteiger charge is 2.43. The number of fused-ring (bicyclic) bond motifs is 1. The molecule has 106 valence electrons. The number of nitrogens with zero attached hydrogens (tertiary/aromatic N) is 2.